The standard InChI is InChI=1S/C17H25N5OS/c1-11(2)15(16-21-20-14-6-4-5-9-22(14)16)19-17(23)18-12-7-8-13(10-12)24-3/h4-6,9,11-13,15H,7-8,10H2,1-3H3,(H2,18,19,23)/t12-,13+,15+/m0/s1. The third kappa shape index (κ3) is 3.66. The lowest BCUT2D eigenvalue weighted by molar-refractivity contribution is 0.228. The van der Waals surface area contributed by atoms with E-state index in [1.54, 1.807) is 0 Å². The lowest BCUT2D eigenvalue weighted by atomic mass is 10.0. The number of fused-ring (bicyclic) bond motifs is 1. The van der Waals surface area contributed by atoms with Gasteiger partial charge >= 0.3 is 6.03 Å². The van der Waals surface area contributed by atoms with Crippen LogP contribution in [-0.4, -0.2) is 38.2 Å². The van der Waals surface area contributed by atoms with Gasteiger partial charge < -0.3 is 10.6 Å². The van der Waals surface area contributed by atoms with Crippen LogP contribution in [0.3, 0.4) is 0 Å². The molecule has 2 aromatic heterocycles. The lowest BCUT2D eigenvalue weighted by Crippen LogP contribution is -2.44. The molecule has 0 radical (unpaired) electrons. The number of pyridine rings is 1. The molecule has 0 aromatic carbocycles. The van der Waals surface area contributed by atoms with Gasteiger partial charge in [-0.15, -0.1) is 10.2 Å². The molecule has 3 atom stereocenters. The summed E-state index contributed by atoms with van der Waals surface area (Å²) in [7, 11) is 0. The van der Waals surface area contributed by atoms with Gasteiger partial charge in [0.25, 0.3) is 0 Å². The zero-order valence-electron chi connectivity index (χ0n) is 14.4. The maximum Gasteiger partial charge on any atom is 0.315 e. The molecule has 7 heteroatoms. The van der Waals surface area contributed by atoms with Crippen molar-refractivity contribution in [3.05, 3.63) is 30.2 Å². The average molecular weight is 347 g/mol. The molecule has 0 bridgehead atoms. The number of amides is 2. The predicted octanol–water partition coefficient (Wildman–Crippen LogP) is 3.01. The van der Waals surface area contributed by atoms with Crippen LogP contribution in [0.4, 0.5) is 4.79 Å². The van der Waals surface area contributed by atoms with Crippen LogP contribution in [0.25, 0.3) is 5.65 Å². The van der Waals surface area contributed by atoms with Gasteiger partial charge in [0.2, 0.25) is 0 Å². The van der Waals surface area contributed by atoms with E-state index >= 15 is 0 Å². The number of hydrogen-bond acceptors (Lipinski definition) is 4. The number of nitrogens with one attached hydrogen (secondary N) is 2. The molecule has 1 fully saturated rings. The van der Waals surface area contributed by atoms with Crippen LogP contribution in [0.2, 0.25) is 0 Å². The molecule has 0 unspecified atom stereocenters. The summed E-state index contributed by atoms with van der Waals surface area (Å²) in [6.45, 7) is 4.16. The molecule has 3 rings (SSSR count). The van der Waals surface area contributed by atoms with Crippen molar-refractivity contribution in [3.8, 4) is 0 Å². The Labute approximate surface area is 146 Å². The fourth-order valence-corrected chi connectivity index (χ4v) is 4.05. The lowest BCUT2D eigenvalue weighted by Gasteiger charge is -2.22. The number of hydrogen-bond donors (Lipinski definition) is 2. The minimum Gasteiger partial charge on any atom is -0.335 e. The average Bonchev–Trinajstić information content (AvgIpc) is 3.19. The first-order valence-corrected chi connectivity index (χ1v) is 9.76. The van der Waals surface area contributed by atoms with Crippen molar-refractivity contribution in [2.24, 2.45) is 5.92 Å². The molecule has 1 aliphatic carbocycles. The molecule has 24 heavy (non-hydrogen) atoms. The van der Waals surface area contributed by atoms with Crippen LogP contribution >= 0.6 is 11.8 Å². The first-order valence-electron chi connectivity index (χ1n) is 8.48. The largest absolute Gasteiger partial charge is 0.335 e. The van der Waals surface area contributed by atoms with Gasteiger partial charge in [0.15, 0.2) is 11.5 Å². The molecule has 0 spiro atoms. The Morgan fingerprint density at radius 1 is 1.33 bits per heavy atom. The second-order valence-electron chi connectivity index (χ2n) is 6.69. The Hall–Kier alpha value is -1.76. The first-order chi connectivity index (χ1) is 11.6. The molecule has 2 heterocycles. The van der Waals surface area contributed by atoms with Crippen molar-refractivity contribution in [3.63, 3.8) is 0 Å². The van der Waals surface area contributed by atoms with Gasteiger partial charge in [-0.25, -0.2) is 4.79 Å². The maximum absolute atomic E-state index is 12.5. The molecule has 1 saturated carbocycles. The molecular formula is C17H25N5OS. The molecule has 6 nitrogen and oxygen atoms in total. The first kappa shape index (κ1) is 17.1. The highest BCUT2D eigenvalue weighted by atomic mass is 32.2. The summed E-state index contributed by atoms with van der Waals surface area (Å²) >= 11 is 1.89. The quantitative estimate of drug-likeness (QED) is 0.872. The molecule has 0 aliphatic heterocycles. The summed E-state index contributed by atoms with van der Waals surface area (Å²) in [6.07, 6.45) is 7.35. The Balaban J connectivity index is 1.69. The summed E-state index contributed by atoms with van der Waals surface area (Å²) in [5, 5.41) is 15.4. The molecule has 1 aliphatic rings. The smallest absolute Gasteiger partial charge is 0.315 e. The van der Waals surface area contributed by atoms with Crippen molar-refractivity contribution >= 4 is 23.4 Å². The van der Waals surface area contributed by atoms with E-state index in [4.69, 9.17) is 0 Å². The van der Waals surface area contributed by atoms with E-state index in [0.717, 1.165) is 24.3 Å². The molecule has 2 N–H and O–H groups in total. The van der Waals surface area contributed by atoms with Crippen LogP contribution in [-0.2, 0) is 0 Å². The van der Waals surface area contributed by atoms with Crippen LogP contribution in [0, 0.1) is 5.92 Å². The number of nitrogens with zero attached hydrogens (tertiary/aromatic N) is 3. The fourth-order valence-electron chi connectivity index (χ4n) is 3.25. The maximum atomic E-state index is 12.5. The Kier molecular flexibility index (Phi) is 5.28. The van der Waals surface area contributed by atoms with E-state index in [2.05, 4.69) is 40.9 Å². The summed E-state index contributed by atoms with van der Waals surface area (Å²) in [4.78, 5) is 12.5. The highest BCUT2D eigenvalue weighted by Gasteiger charge is 2.28. The summed E-state index contributed by atoms with van der Waals surface area (Å²) in [5.41, 5.74) is 0.791. The van der Waals surface area contributed by atoms with Crippen molar-refractivity contribution in [2.75, 3.05) is 6.26 Å². The van der Waals surface area contributed by atoms with Crippen molar-refractivity contribution in [1.29, 1.82) is 0 Å². The topological polar surface area (TPSA) is 71.3 Å². The van der Waals surface area contributed by atoms with Crippen molar-refractivity contribution in [1.82, 2.24) is 25.2 Å². The number of rotatable bonds is 5. The van der Waals surface area contributed by atoms with E-state index in [9.17, 15) is 4.79 Å². The van der Waals surface area contributed by atoms with Gasteiger partial charge in [-0.2, -0.15) is 11.8 Å². The number of aromatic nitrogens is 3. The normalized spacial score (nSPS) is 22.0. The predicted molar refractivity (Wildman–Crippen MR) is 97.2 cm³/mol. The third-order valence-electron chi connectivity index (χ3n) is 4.62. The van der Waals surface area contributed by atoms with E-state index < -0.39 is 0 Å². The second-order valence-corrected chi connectivity index (χ2v) is 7.83. The number of carbonyl (C=O) groups is 1. The van der Waals surface area contributed by atoms with Gasteiger partial charge in [-0.1, -0.05) is 19.9 Å². The Bertz CT molecular complexity index is 701. The SMILES string of the molecule is CS[C@@H]1CC[C@H](NC(=O)N[C@@H](c2nnc3ccccn23)C(C)C)C1. The summed E-state index contributed by atoms with van der Waals surface area (Å²) in [6, 6.07) is 5.76. The van der Waals surface area contributed by atoms with Gasteiger partial charge in [-0.05, 0) is 43.6 Å². The van der Waals surface area contributed by atoms with Gasteiger partial charge in [-0.3, -0.25) is 4.40 Å². The van der Waals surface area contributed by atoms with Crippen LogP contribution < -0.4 is 10.6 Å². The Morgan fingerprint density at radius 2 is 2.17 bits per heavy atom. The molecule has 0 saturated heterocycles. The van der Waals surface area contributed by atoms with Crippen LogP contribution in [0.15, 0.2) is 24.4 Å². The van der Waals surface area contributed by atoms with E-state index in [1.165, 1.54) is 6.42 Å². The number of thioether (sulfide) groups is 1. The van der Waals surface area contributed by atoms with Crippen LogP contribution in [0.5, 0.6) is 0 Å². The third-order valence-corrected chi connectivity index (χ3v) is 5.72. The summed E-state index contributed by atoms with van der Waals surface area (Å²) in [5.74, 6) is 0.982. The molecule has 2 aromatic rings. The molecule has 130 valence electrons. The van der Waals surface area contributed by atoms with Crippen LogP contribution in [0.1, 0.15) is 45.0 Å². The van der Waals surface area contributed by atoms with E-state index in [0.29, 0.717) is 5.25 Å². The minimum absolute atomic E-state index is 0.117. The Morgan fingerprint density at radius 3 is 2.88 bits per heavy atom. The number of carbonyl (C=O) groups excluding carboxylic acids is 1. The van der Waals surface area contributed by atoms with Crippen molar-refractivity contribution < 1.29 is 4.79 Å². The fraction of sp³-hybridized carbons (Fsp3) is 0.588. The molecular weight excluding hydrogens is 322 g/mol. The zero-order chi connectivity index (χ0) is 17.1. The highest BCUT2D eigenvalue weighted by Crippen LogP contribution is 2.28. The van der Waals surface area contributed by atoms with E-state index in [-0.39, 0.29) is 24.0 Å². The van der Waals surface area contributed by atoms with Gasteiger partial charge in [0, 0.05) is 17.5 Å². The highest BCUT2D eigenvalue weighted by molar-refractivity contribution is 7.99. The zero-order valence-corrected chi connectivity index (χ0v) is 15.2. The number of urea groups is 1. The second kappa shape index (κ2) is 7.42. The van der Waals surface area contributed by atoms with Gasteiger partial charge in [0.1, 0.15) is 0 Å². The summed E-state index contributed by atoms with van der Waals surface area (Å²) < 4.78 is 1.93. The van der Waals surface area contributed by atoms with Crippen molar-refractivity contribution in [2.45, 2.75) is 50.4 Å². The van der Waals surface area contributed by atoms with Gasteiger partial charge in [0.05, 0.1) is 6.04 Å². The minimum atomic E-state index is -0.180. The molecule has 2 amide bonds. The van der Waals surface area contributed by atoms with E-state index in [1.807, 2.05) is 40.6 Å². The monoisotopic (exact) mass is 347 g/mol.